The number of carboxylic acid groups (broad SMARTS) is 1. The number of hydrogen-bond acceptors (Lipinski definition) is 4. The van der Waals surface area contributed by atoms with Crippen molar-refractivity contribution < 1.29 is 14.3 Å². The van der Waals surface area contributed by atoms with Crippen LogP contribution in [0.1, 0.15) is 26.8 Å². The number of aryl methyl sites for hydroxylation is 1. The van der Waals surface area contributed by atoms with Gasteiger partial charge in [-0.3, -0.25) is 0 Å². The lowest BCUT2D eigenvalue weighted by atomic mass is 10.2. The zero-order chi connectivity index (χ0) is 12.3. The van der Waals surface area contributed by atoms with Crippen LogP contribution in [0.25, 0.3) is 0 Å². The summed E-state index contributed by atoms with van der Waals surface area (Å²) >= 11 is 1.69. The Hall–Kier alpha value is -1.59. The van der Waals surface area contributed by atoms with Gasteiger partial charge < -0.3 is 14.8 Å². The molecule has 0 radical (unpaired) electrons. The number of hydrogen-bond donors (Lipinski definition) is 2. The molecule has 17 heavy (non-hydrogen) atoms. The minimum Gasteiger partial charge on any atom is -0.475 e. The molecule has 0 saturated heterocycles. The van der Waals surface area contributed by atoms with Gasteiger partial charge in [0.05, 0.1) is 0 Å². The van der Waals surface area contributed by atoms with Crippen molar-refractivity contribution in [3.05, 3.63) is 45.5 Å². The Morgan fingerprint density at radius 1 is 1.53 bits per heavy atom. The Labute approximate surface area is 103 Å². The Morgan fingerprint density at radius 2 is 2.35 bits per heavy atom. The van der Waals surface area contributed by atoms with Crippen molar-refractivity contribution in [1.29, 1.82) is 0 Å². The van der Waals surface area contributed by atoms with E-state index in [4.69, 9.17) is 9.52 Å². The maximum atomic E-state index is 10.7. The Balaban J connectivity index is 1.92. The van der Waals surface area contributed by atoms with E-state index in [0.717, 1.165) is 12.1 Å². The summed E-state index contributed by atoms with van der Waals surface area (Å²) in [6.07, 6.45) is 0. The average Bonchev–Trinajstić information content (AvgIpc) is 2.89. The molecule has 0 bridgehead atoms. The van der Waals surface area contributed by atoms with Crippen molar-refractivity contribution in [3.8, 4) is 0 Å². The third-order valence-electron chi connectivity index (χ3n) is 2.43. The van der Waals surface area contributed by atoms with Gasteiger partial charge in [-0.2, -0.15) is 0 Å². The molecular formula is C12H13NO3S. The second-order valence-electron chi connectivity index (χ2n) is 3.68. The van der Waals surface area contributed by atoms with Crippen molar-refractivity contribution in [1.82, 2.24) is 5.32 Å². The van der Waals surface area contributed by atoms with Crippen molar-refractivity contribution in [3.63, 3.8) is 0 Å². The standard InChI is InChI=1S/C12H13NO3S/c1-8-9(5-11(16-8)12(14)15)6-13-7-10-3-2-4-17-10/h2-5,13H,6-7H2,1H3,(H,14,15). The highest BCUT2D eigenvalue weighted by Crippen LogP contribution is 2.15. The molecule has 0 amide bonds. The van der Waals surface area contributed by atoms with E-state index in [1.54, 1.807) is 24.3 Å². The van der Waals surface area contributed by atoms with Crippen LogP contribution in [0.4, 0.5) is 0 Å². The molecule has 5 heteroatoms. The predicted octanol–water partition coefficient (Wildman–Crippen LogP) is 2.64. The minimum absolute atomic E-state index is 0.00424. The Morgan fingerprint density at radius 3 is 2.94 bits per heavy atom. The van der Waals surface area contributed by atoms with Gasteiger partial charge in [0.2, 0.25) is 5.76 Å². The van der Waals surface area contributed by atoms with E-state index < -0.39 is 5.97 Å². The van der Waals surface area contributed by atoms with E-state index >= 15 is 0 Å². The molecule has 0 aliphatic heterocycles. The quantitative estimate of drug-likeness (QED) is 0.857. The van der Waals surface area contributed by atoms with E-state index in [0.29, 0.717) is 12.3 Å². The lowest BCUT2D eigenvalue weighted by molar-refractivity contribution is 0.0661. The fourth-order valence-electron chi connectivity index (χ4n) is 1.53. The first-order chi connectivity index (χ1) is 8.16. The third kappa shape index (κ3) is 2.95. The van der Waals surface area contributed by atoms with Gasteiger partial charge in [0.15, 0.2) is 0 Å². The van der Waals surface area contributed by atoms with E-state index in [-0.39, 0.29) is 5.76 Å². The summed E-state index contributed by atoms with van der Waals surface area (Å²) < 4.78 is 5.13. The molecule has 0 saturated carbocycles. The Bertz CT molecular complexity index is 502. The predicted molar refractivity (Wildman–Crippen MR) is 65.3 cm³/mol. The molecule has 2 aromatic heterocycles. The van der Waals surface area contributed by atoms with Gasteiger partial charge in [-0.1, -0.05) is 6.07 Å². The normalized spacial score (nSPS) is 10.6. The zero-order valence-corrected chi connectivity index (χ0v) is 10.2. The summed E-state index contributed by atoms with van der Waals surface area (Å²) in [5.74, 6) is -0.380. The number of rotatable bonds is 5. The zero-order valence-electron chi connectivity index (χ0n) is 9.40. The number of carboxylic acids is 1. The number of furan rings is 1. The lowest BCUT2D eigenvalue weighted by Gasteiger charge is -2.01. The molecule has 0 atom stereocenters. The van der Waals surface area contributed by atoms with Crippen LogP contribution >= 0.6 is 11.3 Å². The molecule has 0 unspecified atom stereocenters. The molecule has 0 aliphatic rings. The topological polar surface area (TPSA) is 62.5 Å². The van der Waals surface area contributed by atoms with Gasteiger partial charge in [-0.25, -0.2) is 4.79 Å². The summed E-state index contributed by atoms with van der Waals surface area (Å²) in [5.41, 5.74) is 0.888. The molecule has 0 spiro atoms. The summed E-state index contributed by atoms with van der Waals surface area (Å²) in [6.45, 7) is 3.17. The van der Waals surface area contributed by atoms with Crippen molar-refractivity contribution in [2.75, 3.05) is 0 Å². The fourth-order valence-corrected chi connectivity index (χ4v) is 2.21. The number of carbonyl (C=O) groups is 1. The summed E-state index contributed by atoms with van der Waals surface area (Å²) in [7, 11) is 0. The van der Waals surface area contributed by atoms with Crippen LogP contribution in [0, 0.1) is 6.92 Å². The van der Waals surface area contributed by atoms with Gasteiger partial charge in [0.1, 0.15) is 5.76 Å². The first-order valence-corrected chi connectivity index (χ1v) is 6.10. The van der Waals surface area contributed by atoms with Crippen LogP contribution in [0.3, 0.4) is 0 Å². The van der Waals surface area contributed by atoms with Crippen LogP contribution in [0.15, 0.2) is 28.0 Å². The lowest BCUT2D eigenvalue weighted by Crippen LogP contribution is -2.11. The second-order valence-corrected chi connectivity index (χ2v) is 4.71. The molecule has 4 nitrogen and oxygen atoms in total. The highest BCUT2D eigenvalue weighted by atomic mass is 32.1. The minimum atomic E-state index is -1.03. The first-order valence-electron chi connectivity index (χ1n) is 5.22. The van der Waals surface area contributed by atoms with Gasteiger partial charge in [-0.05, 0) is 24.4 Å². The van der Waals surface area contributed by atoms with E-state index in [2.05, 4.69) is 11.4 Å². The molecular weight excluding hydrogens is 238 g/mol. The van der Waals surface area contributed by atoms with Crippen molar-refractivity contribution >= 4 is 17.3 Å². The molecule has 2 heterocycles. The van der Waals surface area contributed by atoms with E-state index in [9.17, 15) is 4.79 Å². The first kappa shape index (κ1) is 11.9. The summed E-state index contributed by atoms with van der Waals surface area (Å²) in [6, 6.07) is 5.63. The largest absolute Gasteiger partial charge is 0.475 e. The van der Waals surface area contributed by atoms with Crippen LogP contribution in [-0.2, 0) is 13.1 Å². The molecule has 2 rings (SSSR count). The van der Waals surface area contributed by atoms with Crippen LogP contribution in [0.5, 0.6) is 0 Å². The van der Waals surface area contributed by atoms with Gasteiger partial charge in [-0.15, -0.1) is 11.3 Å². The smallest absolute Gasteiger partial charge is 0.371 e. The molecule has 90 valence electrons. The van der Waals surface area contributed by atoms with Gasteiger partial charge in [0.25, 0.3) is 0 Å². The van der Waals surface area contributed by atoms with E-state index in [1.165, 1.54) is 4.88 Å². The number of aromatic carboxylic acids is 1. The molecule has 0 aromatic carbocycles. The molecule has 2 aromatic rings. The third-order valence-corrected chi connectivity index (χ3v) is 3.30. The highest BCUT2D eigenvalue weighted by Gasteiger charge is 2.12. The SMILES string of the molecule is Cc1oc(C(=O)O)cc1CNCc1cccs1. The average molecular weight is 251 g/mol. The fraction of sp³-hybridized carbons (Fsp3) is 0.250. The highest BCUT2D eigenvalue weighted by molar-refractivity contribution is 7.09. The van der Waals surface area contributed by atoms with E-state index in [1.807, 2.05) is 11.4 Å². The van der Waals surface area contributed by atoms with Gasteiger partial charge >= 0.3 is 5.97 Å². The van der Waals surface area contributed by atoms with Crippen LogP contribution < -0.4 is 5.32 Å². The summed E-state index contributed by atoms with van der Waals surface area (Å²) in [4.78, 5) is 12.0. The van der Waals surface area contributed by atoms with Crippen molar-refractivity contribution in [2.24, 2.45) is 0 Å². The second kappa shape index (κ2) is 5.16. The number of thiophene rings is 1. The molecule has 0 aliphatic carbocycles. The summed E-state index contributed by atoms with van der Waals surface area (Å²) in [5, 5.41) is 14.1. The molecule has 2 N–H and O–H groups in total. The monoisotopic (exact) mass is 251 g/mol. The van der Waals surface area contributed by atoms with Crippen LogP contribution in [-0.4, -0.2) is 11.1 Å². The maximum Gasteiger partial charge on any atom is 0.371 e. The molecule has 0 fully saturated rings. The van der Waals surface area contributed by atoms with Crippen molar-refractivity contribution in [2.45, 2.75) is 20.0 Å². The Kier molecular flexibility index (Phi) is 3.61. The number of nitrogens with one attached hydrogen (secondary N) is 1. The maximum absolute atomic E-state index is 10.7. The van der Waals surface area contributed by atoms with Crippen LogP contribution in [0.2, 0.25) is 0 Å². The van der Waals surface area contributed by atoms with Gasteiger partial charge in [0, 0.05) is 23.5 Å².